The molecule has 1 aliphatic heterocycles. The Morgan fingerprint density at radius 3 is 2.68 bits per heavy atom. The minimum atomic E-state index is -0.366. The Morgan fingerprint density at radius 1 is 1.36 bits per heavy atom. The number of nitrogens with zero attached hydrogens (tertiary/aromatic N) is 2. The van der Waals surface area contributed by atoms with E-state index in [1.807, 2.05) is 26.0 Å². The molecule has 1 atom stereocenters. The van der Waals surface area contributed by atoms with Crippen LogP contribution in [0.2, 0.25) is 0 Å². The van der Waals surface area contributed by atoms with Crippen LogP contribution >= 0.6 is 0 Å². The number of aromatic nitrogens is 1. The molecule has 3 rings (SSSR count). The Morgan fingerprint density at radius 2 is 2.08 bits per heavy atom. The molecule has 1 fully saturated rings. The molecule has 7 nitrogen and oxygen atoms in total. The Kier molecular flexibility index (Phi) is 4.74. The van der Waals surface area contributed by atoms with E-state index < -0.39 is 0 Å². The lowest BCUT2D eigenvalue weighted by atomic mass is 10.1. The summed E-state index contributed by atoms with van der Waals surface area (Å²) in [4.78, 5) is 26.3. The van der Waals surface area contributed by atoms with E-state index in [4.69, 9.17) is 9.26 Å². The Hall–Kier alpha value is -2.83. The monoisotopic (exact) mass is 343 g/mol. The zero-order chi connectivity index (χ0) is 18.0. The van der Waals surface area contributed by atoms with Crippen LogP contribution in [-0.2, 0) is 16.1 Å². The van der Waals surface area contributed by atoms with Gasteiger partial charge in [-0.15, -0.1) is 0 Å². The van der Waals surface area contributed by atoms with Gasteiger partial charge >= 0.3 is 0 Å². The van der Waals surface area contributed by atoms with E-state index in [1.54, 1.807) is 24.1 Å². The number of nitrogens with one attached hydrogen (secondary N) is 1. The second-order valence-corrected chi connectivity index (χ2v) is 6.12. The fourth-order valence-electron chi connectivity index (χ4n) is 2.97. The van der Waals surface area contributed by atoms with Gasteiger partial charge in [0, 0.05) is 30.8 Å². The zero-order valence-electron chi connectivity index (χ0n) is 14.5. The summed E-state index contributed by atoms with van der Waals surface area (Å²) in [7, 11) is 1.59. The molecule has 0 radical (unpaired) electrons. The van der Waals surface area contributed by atoms with Crippen LogP contribution in [0.5, 0.6) is 5.75 Å². The maximum absolute atomic E-state index is 12.4. The minimum Gasteiger partial charge on any atom is -0.497 e. The van der Waals surface area contributed by atoms with E-state index in [9.17, 15) is 9.59 Å². The van der Waals surface area contributed by atoms with Crippen molar-refractivity contribution in [1.82, 2.24) is 10.5 Å². The van der Waals surface area contributed by atoms with Crippen LogP contribution in [0, 0.1) is 19.8 Å². The number of aryl methyl sites for hydroxylation is 2. The van der Waals surface area contributed by atoms with Crippen molar-refractivity contribution in [1.29, 1.82) is 0 Å². The first-order chi connectivity index (χ1) is 12.0. The molecule has 1 aromatic carbocycles. The minimum absolute atomic E-state index is 0.0531. The van der Waals surface area contributed by atoms with Crippen LogP contribution < -0.4 is 15.0 Å². The highest BCUT2D eigenvalue weighted by Crippen LogP contribution is 2.27. The van der Waals surface area contributed by atoms with Gasteiger partial charge in [-0.3, -0.25) is 9.59 Å². The standard InChI is InChI=1S/C18H21N3O4/c1-11-16(12(2)25-20-11)9-19-18(23)13-8-17(22)21(10-13)14-4-6-15(24-3)7-5-14/h4-7,13H,8-10H2,1-3H3,(H,19,23). The number of rotatable bonds is 5. The van der Waals surface area contributed by atoms with Crippen molar-refractivity contribution in [3.05, 3.63) is 41.3 Å². The second kappa shape index (κ2) is 6.96. The summed E-state index contributed by atoms with van der Waals surface area (Å²) in [5, 5.41) is 6.75. The van der Waals surface area contributed by atoms with Gasteiger partial charge in [-0.25, -0.2) is 0 Å². The maximum Gasteiger partial charge on any atom is 0.227 e. The SMILES string of the molecule is COc1ccc(N2CC(C(=O)NCc3c(C)noc3C)CC2=O)cc1. The van der Waals surface area contributed by atoms with Crippen LogP contribution in [0.25, 0.3) is 0 Å². The summed E-state index contributed by atoms with van der Waals surface area (Å²) in [6, 6.07) is 7.24. The van der Waals surface area contributed by atoms with E-state index in [0.717, 1.165) is 22.7 Å². The number of anilines is 1. The average Bonchev–Trinajstić information content (AvgIpc) is 3.16. The van der Waals surface area contributed by atoms with Gasteiger partial charge in [0.15, 0.2) is 0 Å². The summed E-state index contributed by atoms with van der Waals surface area (Å²) in [5.74, 6) is 0.867. The number of benzene rings is 1. The molecule has 132 valence electrons. The van der Waals surface area contributed by atoms with Gasteiger partial charge in [-0.05, 0) is 38.1 Å². The lowest BCUT2D eigenvalue weighted by Gasteiger charge is -2.17. The fraction of sp³-hybridized carbons (Fsp3) is 0.389. The van der Waals surface area contributed by atoms with Gasteiger partial charge in [0.25, 0.3) is 0 Å². The first kappa shape index (κ1) is 17.0. The summed E-state index contributed by atoms with van der Waals surface area (Å²) in [6.07, 6.45) is 0.208. The molecule has 1 N–H and O–H groups in total. The van der Waals surface area contributed by atoms with E-state index in [-0.39, 0.29) is 24.2 Å². The molecule has 1 aromatic heterocycles. The number of hydrogen-bond acceptors (Lipinski definition) is 5. The zero-order valence-corrected chi connectivity index (χ0v) is 14.5. The maximum atomic E-state index is 12.4. The van der Waals surface area contributed by atoms with Crippen LogP contribution in [0.15, 0.2) is 28.8 Å². The first-order valence-electron chi connectivity index (χ1n) is 8.13. The van der Waals surface area contributed by atoms with Gasteiger partial charge in [0.05, 0.1) is 18.7 Å². The van der Waals surface area contributed by atoms with E-state index in [2.05, 4.69) is 10.5 Å². The van der Waals surface area contributed by atoms with E-state index in [1.165, 1.54) is 0 Å². The Balaban J connectivity index is 1.62. The molecule has 2 amide bonds. The van der Waals surface area contributed by atoms with Crippen molar-refractivity contribution in [2.45, 2.75) is 26.8 Å². The molecule has 0 spiro atoms. The van der Waals surface area contributed by atoms with Crippen molar-refractivity contribution in [2.24, 2.45) is 5.92 Å². The lowest BCUT2D eigenvalue weighted by Crippen LogP contribution is -2.32. The molecule has 1 unspecified atom stereocenters. The van der Waals surface area contributed by atoms with Crippen molar-refractivity contribution < 1.29 is 18.8 Å². The number of carbonyl (C=O) groups excluding carboxylic acids is 2. The second-order valence-electron chi connectivity index (χ2n) is 6.12. The van der Waals surface area contributed by atoms with Crippen molar-refractivity contribution in [3.63, 3.8) is 0 Å². The quantitative estimate of drug-likeness (QED) is 0.897. The van der Waals surface area contributed by atoms with E-state index in [0.29, 0.717) is 18.8 Å². The molecule has 7 heteroatoms. The van der Waals surface area contributed by atoms with Gasteiger partial charge in [-0.2, -0.15) is 0 Å². The lowest BCUT2D eigenvalue weighted by molar-refractivity contribution is -0.126. The van der Waals surface area contributed by atoms with E-state index >= 15 is 0 Å². The molecular weight excluding hydrogens is 322 g/mol. The third-order valence-corrected chi connectivity index (χ3v) is 4.50. The first-order valence-corrected chi connectivity index (χ1v) is 8.13. The third kappa shape index (κ3) is 3.50. The van der Waals surface area contributed by atoms with Gasteiger partial charge in [0.1, 0.15) is 11.5 Å². The highest BCUT2D eigenvalue weighted by molar-refractivity contribution is 6.00. The number of hydrogen-bond donors (Lipinski definition) is 1. The number of methoxy groups -OCH3 is 1. The van der Waals surface area contributed by atoms with Gasteiger partial charge in [-0.1, -0.05) is 5.16 Å². The predicted octanol–water partition coefficient (Wildman–Crippen LogP) is 1.97. The fourth-order valence-corrected chi connectivity index (χ4v) is 2.97. The molecule has 0 bridgehead atoms. The Labute approximate surface area is 145 Å². The topological polar surface area (TPSA) is 84.7 Å². The molecule has 2 heterocycles. The molecule has 0 saturated carbocycles. The summed E-state index contributed by atoms with van der Waals surface area (Å²) >= 11 is 0. The largest absolute Gasteiger partial charge is 0.497 e. The van der Waals surface area contributed by atoms with Crippen LogP contribution in [-0.4, -0.2) is 30.6 Å². The molecule has 1 saturated heterocycles. The highest BCUT2D eigenvalue weighted by atomic mass is 16.5. The summed E-state index contributed by atoms with van der Waals surface area (Å²) < 4.78 is 10.2. The molecular formula is C18H21N3O4. The number of ether oxygens (including phenoxy) is 1. The van der Waals surface area contributed by atoms with Crippen molar-refractivity contribution in [3.8, 4) is 5.75 Å². The molecule has 0 aliphatic carbocycles. The van der Waals surface area contributed by atoms with Crippen molar-refractivity contribution >= 4 is 17.5 Å². The normalized spacial score (nSPS) is 17.0. The van der Waals surface area contributed by atoms with Crippen LogP contribution in [0.3, 0.4) is 0 Å². The highest BCUT2D eigenvalue weighted by Gasteiger charge is 2.35. The smallest absolute Gasteiger partial charge is 0.227 e. The third-order valence-electron chi connectivity index (χ3n) is 4.50. The molecule has 25 heavy (non-hydrogen) atoms. The number of amides is 2. The Bertz CT molecular complexity index is 763. The van der Waals surface area contributed by atoms with Gasteiger partial charge in [0.2, 0.25) is 11.8 Å². The summed E-state index contributed by atoms with van der Waals surface area (Å²) in [6.45, 7) is 4.38. The molecule has 1 aliphatic rings. The average molecular weight is 343 g/mol. The summed E-state index contributed by atoms with van der Waals surface area (Å²) in [5.41, 5.74) is 2.41. The number of carbonyl (C=O) groups is 2. The van der Waals surface area contributed by atoms with Gasteiger partial charge < -0.3 is 19.5 Å². The van der Waals surface area contributed by atoms with Crippen LogP contribution in [0.4, 0.5) is 5.69 Å². The molecule has 2 aromatic rings. The van der Waals surface area contributed by atoms with Crippen molar-refractivity contribution in [2.75, 3.05) is 18.6 Å². The van der Waals surface area contributed by atoms with Crippen LogP contribution in [0.1, 0.15) is 23.4 Å². The predicted molar refractivity (Wildman–Crippen MR) is 91.3 cm³/mol.